The Morgan fingerprint density at radius 2 is 2.20 bits per heavy atom. The maximum atomic E-state index is 11.3. The molecule has 1 amide bonds. The number of hydrogen-bond acceptors (Lipinski definition) is 3. The molecule has 1 N–H and O–H groups in total. The van der Waals surface area contributed by atoms with Gasteiger partial charge in [-0.25, -0.2) is 0 Å². The zero-order chi connectivity index (χ0) is 11.4. The van der Waals surface area contributed by atoms with Crippen LogP contribution < -0.4 is 5.32 Å². The fourth-order valence-corrected chi connectivity index (χ4v) is 1.98. The fourth-order valence-electron chi connectivity index (χ4n) is 1.98. The molecule has 0 aromatic rings. The monoisotopic (exact) mass is 212 g/mol. The zero-order valence-corrected chi connectivity index (χ0v) is 9.69. The number of nitrogens with one attached hydrogen (secondary N) is 1. The van der Waals surface area contributed by atoms with Crippen molar-refractivity contribution in [1.82, 2.24) is 10.2 Å². The van der Waals surface area contributed by atoms with Crippen LogP contribution in [0.5, 0.6) is 0 Å². The molecule has 2 unspecified atom stereocenters. The lowest BCUT2D eigenvalue weighted by atomic mass is 9.99. The first-order chi connectivity index (χ1) is 7.04. The summed E-state index contributed by atoms with van der Waals surface area (Å²) in [6.07, 6.45) is 0.948. The van der Waals surface area contributed by atoms with Gasteiger partial charge in [-0.05, 0) is 5.92 Å². The Hall–Kier alpha value is -0.900. The van der Waals surface area contributed by atoms with E-state index in [1.807, 2.05) is 6.92 Å². The van der Waals surface area contributed by atoms with Crippen LogP contribution in [0.1, 0.15) is 20.8 Å². The van der Waals surface area contributed by atoms with E-state index < -0.39 is 0 Å². The molecule has 0 aromatic carbocycles. The second kappa shape index (κ2) is 5.26. The summed E-state index contributed by atoms with van der Waals surface area (Å²) in [6.45, 7) is 7.96. The second-order valence-corrected chi connectivity index (χ2v) is 4.66. The maximum Gasteiger partial charge on any atom is 0.234 e. The minimum Gasteiger partial charge on any atom is -0.353 e. The van der Waals surface area contributed by atoms with Crippen molar-refractivity contribution in [1.29, 1.82) is 0 Å². The van der Waals surface area contributed by atoms with Gasteiger partial charge in [-0.15, -0.1) is 0 Å². The lowest BCUT2D eigenvalue weighted by Crippen LogP contribution is -2.57. The molecule has 0 bridgehead atoms. The van der Waals surface area contributed by atoms with Crippen LogP contribution in [-0.2, 0) is 9.59 Å². The molecule has 1 fully saturated rings. The largest absolute Gasteiger partial charge is 0.353 e. The molecule has 0 radical (unpaired) electrons. The number of piperazine rings is 1. The van der Waals surface area contributed by atoms with Crippen molar-refractivity contribution in [2.75, 3.05) is 19.6 Å². The summed E-state index contributed by atoms with van der Waals surface area (Å²) in [4.78, 5) is 24.0. The Morgan fingerprint density at radius 1 is 1.53 bits per heavy atom. The number of amides is 1. The Kier molecular flexibility index (Phi) is 4.27. The summed E-state index contributed by atoms with van der Waals surface area (Å²) in [7, 11) is 0. The molecule has 0 aromatic heterocycles. The SMILES string of the molecule is CC(C=O)CN1CC(=O)NCC1C(C)C. The summed E-state index contributed by atoms with van der Waals surface area (Å²) in [5.74, 6) is 0.548. The Bertz CT molecular complexity index is 241. The van der Waals surface area contributed by atoms with Crippen LogP contribution in [0.25, 0.3) is 0 Å². The molecule has 4 heteroatoms. The topological polar surface area (TPSA) is 49.4 Å². The number of carbonyl (C=O) groups excluding carboxylic acids is 2. The van der Waals surface area contributed by atoms with Crippen molar-refractivity contribution >= 4 is 12.2 Å². The second-order valence-electron chi connectivity index (χ2n) is 4.66. The lowest BCUT2D eigenvalue weighted by molar-refractivity contribution is -0.127. The van der Waals surface area contributed by atoms with Gasteiger partial charge in [0.1, 0.15) is 6.29 Å². The lowest BCUT2D eigenvalue weighted by Gasteiger charge is -2.38. The molecular formula is C11H20N2O2. The highest BCUT2D eigenvalue weighted by atomic mass is 16.2. The van der Waals surface area contributed by atoms with E-state index >= 15 is 0 Å². The highest BCUT2D eigenvalue weighted by Gasteiger charge is 2.29. The van der Waals surface area contributed by atoms with Crippen LogP contribution in [-0.4, -0.2) is 42.8 Å². The average molecular weight is 212 g/mol. The third-order valence-electron chi connectivity index (χ3n) is 2.85. The van der Waals surface area contributed by atoms with E-state index in [0.717, 1.165) is 6.29 Å². The predicted octanol–water partition coefficient (Wildman–Crippen LogP) is 0.278. The standard InChI is InChI=1S/C11H20N2O2/c1-8(2)10-4-12-11(15)6-13(10)5-9(3)7-14/h7-10H,4-6H2,1-3H3,(H,12,15). The molecule has 1 saturated heterocycles. The molecule has 1 aliphatic rings. The Labute approximate surface area is 91.0 Å². The van der Waals surface area contributed by atoms with E-state index in [9.17, 15) is 9.59 Å². The van der Waals surface area contributed by atoms with E-state index in [-0.39, 0.29) is 11.8 Å². The van der Waals surface area contributed by atoms with Crippen molar-refractivity contribution < 1.29 is 9.59 Å². The van der Waals surface area contributed by atoms with Crippen LogP contribution in [0.3, 0.4) is 0 Å². The molecule has 0 spiro atoms. The zero-order valence-electron chi connectivity index (χ0n) is 9.69. The molecule has 15 heavy (non-hydrogen) atoms. The van der Waals surface area contributed by atoms with Crippen LogP contribution >= 0.6 is 0 Å². The van der Waals surface area contributed by atoms with Crippen LogP contribution in [0.15, 0.2) is 0 Å². The first-order valence-corrected chi connectivity index (χ1v) is 5.50. The van der Waals surface area contributed by atoms with E-state index in [1.165, 1.54) is 0 Å². The van der Waals surface area contributed by atoms with Gasteiger partial charge >= 0.3 is 0 Å². The summed E-state index contributed by atoms with van der Waals surface area (Å²) in [5, 5.41) is 2.87. The number of rotatable bonds is 4. The predicted molar refractivity (Wildman–Crippen MR) is 58.4 cm³/mol. The maximum absolute atomic E-state index is 11.3. The van der Waals surface area contributed by atoms with Gasteiger partial charge in [0.15, 0.2) is 0 Å². The smallest absolute Gasteiger partial charge is 0.234 e. The third kappa shape index (κ3) is 3.30. The first kappa shape index (κ1) is 12.2. The molecule has 4 nitrogen and oxygen atoms in total. The summed E-state index contributed by atoms with van der Waals surface area (Å²) < 4.78 is 0. The fraction of sp³-hybridized carbons (Fsp3) is 0.818. The number of nitrogens with zero attached hydrogens (tertiary/aromatic N) is 1. The summed E-state index contributed by atoms with van der Waals surface area (Å²) in [6, 6.07) is 0.352. The van der Waals surface area contributed by atoms with Crippen molar-refractivity contribution in [2.24, 2.45) is 11.8 Å². The molecule has 86 valence electrons. The van der Waals surface area contributed by atoms with Crippen molar-refractivity contribution in [3.8, 4) is 0 Å². The molecule has 2 atom stereocenters. The highest BCUT2D eigenvalue weighted by Crippen LogP contribution is 2.14. The molecule has 1 aliphatic heterocycles. The Balaban J connectivity index is 2.61. The minimum atomic E-state index is -0.00264. The van der Waals surface area contributed by atoms with Crippen molar-refractivity contribution in [3.63, 3.8) is 0 Å². The molecule has 0 saturated carbocycles. The van der Waals surface area contributed by atoms with Gasteiger partial charge in [-0.2, -0.15) is 0 Å². The summed E-state index contributed by atoms with van der Waals surface area (Å²) in [5.41, 5.74) is 0. The van der Waals surface area contributed by atoms with Gasteiger partial charge in [0, 0.05) is 25.0 Å². The van der Waals surface area contributed by atoms with E-state index in [0.29, 0.717) is 31.6 Å². The first-order valence-electron chi connectivity index (χ1n) is 5.50. The number of hydrogen-bond donors (Lipinski definition) is 1. The highest BCUT2D eigenvalue weighted by molar-refractivity contribution is 5.79. The van der Waals surface area contributed by atoms with Gasteiger partial charge in [0.25, 0.3) is 0 Å². The van der Waals surface area contributed by atoms with Gasteiger partial charge in [-0.1, -0.05) is 20.8 Å². The van der Waals surface area contributed by atoms with Crippen molar-refractivity contribution in [3.05, 3.63) is 0 Å². The van der Waals surface area contributed by atoms with Crippen LogP contribution in [0, 0.1) is 11.8 Å². The average Bonchev–Trinajstić information content (AvgIpc) is 2.17. The third-order valence-corrected chi connectivity index (χ3v) is 2.85. The molecular weight excluding hydrogens is 192 g/mol. The van der Waals surface area contributed by atoms with Gasteiger partial charge < -0.3 is 10.1 Å². The molecule has 1 heterocycles. The van der Waals surface area contributed by atoms with Gasteiger partial charge in [0.2, 0.25) is 5.91 Å². The Morgan fingerprint density at radius 3 is 2.73 bits per heavy atom. The number of aldehydes is 1. The summed E-state index contributed by atoms with van der Waals surface area (Å²) >= 11 is 0. The van der Waals surface area contributed by atoms with Gasteiger partial charge in [0.05, 0.1) is 6.54 Å². The van der Waals surface area contributed by atoms with E-state index in [1.54, 1.807) is 0 Å². The van der Waals surface area contributed by atoms with Crippen LogP contribution in [0.2, 0.25) is 0 Å². The minimum absolute atomic E-state index is 0.00264. The molecule has 1 rings (SSSR count). The van der Waals surface area contributed by atoms with Crippen molar-refractivity contribution in [2.45, 2.75) is 26.8 Å². The van der Waals surface area contributed by atoms with E-state index in [2.05, 4.69) is 24.1 Å². The quantitative estimate of drug-likeness (QED) is 0.681. The molecule has 0 aliphatic carbocycles. The normalized spacial score (nSPS) is 25.1. The van der Waals surface area contributed by atoms with Crippen LogP contribution in [0.4, 0.5) is 0 Å². The van der Waals surface area contributed by atoms with E-state index in [4.69, 9.17) is 0 Å². The number of carbonyl (C=O) groups is 2. The van der Waals surface area contributed by atoms with Gasteiger partial charge in [-0.3, -0.25) is 9.69 Å².